The predicted octanol–water partition coefficient (Wildman–Crippen LogP) is 2.90. The number of fused-ring (bicyclic) bond motifs is 1. The van der Waals surface area contributed by atoms with Gasteiger partial charge < -0.3 is 0 Å². The molecule has 1 aromatic heterocycles. The van der Waals surface area contributed by atoms with E-state index in [4.69, 9.17) is 6.42 Å². The van der Waals surface area contributed by atoms with Crippen molar-refractivity contribution in [3.05, 3.63) is 21.4 Å². The highest BCUT2D eigenvalue weighted by atomic mass is 32.1. The third-order valence-corrected chi connectivity index (χ3v) is 4.69. The van der Waals surface area contributed by atoms with Gasteiger partial charge in [-0.15, -0.1) is 17.8 Å². The van der Waals surface area contributed by atoms with Crippen molar-refractivity contribution in [3.63, 3.8) is 0 Å². The second kappa shape index (κ2) is 2.39. The maximum absolute atomic E-state index is 5.58. The van der Waals surface area contributed by atoms with Crippen molar-refractivity contribution in [1.29, 1.82) is 0 Å². The van der Waals surface area contributed by atoms with E-state index in [2.05, 4.69) is 12.0 Å². The predicted molar refractivity (Wildman–Crippen MR) is 56.1 cm³/mol. The smallest absolute Gasteiger partial charge is 0.0654 e. The highest BCUT2D eigenvalue weighted by Gasteiger charge is 2.44. The van der Waals surface area contributed by atoms with Gasteiger partial charge in [-0.1, -0.05) is 5.92 Å². The quantitative estimate of drug-likeness (QED) is 0.594. The first-order valence-corrected chi connectivity index (χ1v) is 5.75. The average Bonchev–Trinajstić information content (AvgIpc) is 2.63. The minimum Gasteiger partial charge on any atom is -0.144 e. The average molecular weight is 188 g/mol. The SMILES string of the molecule is C#CC1(c2cc3c(s2)CCC3)CC1. The molecule has 1 aromatic rings. The fourth-order valence-electron chi connectivity index (χ4n) is 2.15. The van der Waals surface area contributed by atoms with Crippen LogP contribution in [0, 0.1) is 12.3 Å². The summed E-state index contributed by atoms with van der Waals surface area (Å²) in [5.41, 5.74) is 1.76. The molecule has 0 aromatic carbocycles. The minimum absolute atomic E-state index is 0.176. The maximum Gasteiger partial charge on any atom is 0.0654 e. The second-order valence-electron chi connectivity index (χ2n) is 4.14. The molecule has 0 N–H and O–H groups in total. The Bertz CT molecular complexity index is 366. The molecule has 66 valence electrons. The summed E-state index contributed by atoms with van der Waals surface area (Å²) in [5.74, 6) is 2.97. The molecule has 1 heteroatoms. The van der Waals surface area contributed by atoms with Crippen molar-refractivity contribution in [2.24, 2.45) is 0 Å². The summed E-state index contributed by atoms with van der Waals surface area (Å²) in [6, 6.07) is 2.37. The largest absolute Gasteiger partial charge is 0.144 e. The Balaban J connectivity index is 2.04. The van der Waals surface area contributed by atoms with Crippen LogP contribution in [0.2, 0.25) is 0 Å². The van der Waals surface area contributed by atoms with Crippen LogP contribution in [-0.4, -0.2) is 0 Å². The number of terminal acetylenes is 1. The zero-order chi connectivity index (χ0) is 8.89. The normalized spacial score (nSPS) is 22.4. The third kappa shape index (κ3) is 0.988. The summed E-state index contributed by atoms with van der Waals surface area (Å²) in [4.78, 5) is 3.08. The van der Waals surface area contributed by atoms with Crippen molar-refractivity contribution < 1.29 is 0 Å². The van der Waals surface area contributed by atoms with Gasteiger partial charge in [-0.2, -0.15) is 0 Å². The Morgan fingerprint density at radius 2 is 2.23 bits per heavy atom. The molecule has 0 spiro atoms. The summed E-state index contributed by atoms with van der Waals surface area (Å²) >= 11 is 1.97. The zero-order valence-electron chi connectivity index (χ0n) is 7.60. The number of rotatable bonds is 1. The van der Waals surface area contributed by atoms with E-state index in [0.717, 1.165) is 0 Å². The van der Waals surface area contributed by atoms with E-state index in [0.29, 0.717) is 0 Å². The molecule has 3 rings (SSSR count). The number of thiophene rings is 1. The van der Waals surface area contributed by atoms with Crippen molar-refractivity contribution in [2.75, 3.05) is 0 Å². The molecule has 2 aliphatic rings. The molecule has 0 aliphatic heterocycles. The molecular formula is C12H12S. The van der Waals surface area contributed by atoms with Gasteiger partial charge in [-0.05, 0) is 43.7 Å². The van der Waals surface area contributed by atoms with Crippen LogP contribution in [0.4, 0.5) is 0 Å². The lowest BCUT2D eigenvalue weighted by molar-refractivity contribution is 0.906. The summed E-state index contributed by atoms with van der Waals surface area (Å²) in [6.45, 7) is 0. The van der Waals surface area contributed by atoms with Crippen molar-refractivity contribution >= 4 is 11.3 Å². The Morgan fingerprint density at radius 1 is 1.38 bits per heavy atom. The Labute approximate surface area is 83.0 Å². The van der Waals surface area contributed by atoms with Crippen LogP contribution < -0.4 is 0 Å². The molecule has 13 heavy (non-hydrogen) atoms. The van der Waals surface area contributed by atoms with Gasteiger partial charge in [0.25, 0.3) is 0 Å². The molecule has 0 atom stereocenters. The van der Waals surface area contributed by atoms with Crippen LogP contribution in [0.25, 0.3) is 0 Å². The monoisotopic (exact) mass is 188 g/mol. The van der Waals surface area contributed by atoms with E-state index >= 15 is 0 Å². The molecular weight excluding hydrogens is 176 g/mol. The van der Waals surface area contributed by atoms with Crippen LogP contribution in [-0.2, 0) is 18.3 Å². The van der Waals surface area contributed by atoms with Gasteiger partial charge in [0.15, 0.2) is 0 Å². The number of hydrogen-bond donors (Lipinski definition) is 0. The molecule has 1 heterocycles. The summed E-state index contributed by atoms with van der Waals surface area (Å²) < 4.78 is 0. The van der Waals surface area contributed by atoms with Gasteiger partial charge in [0, 0.05) is 9.75 Å². The lowest BCUT2D eigenvalue weighted by Crippen LogP contribution is -1.98. The highest BCUT2D eigenvalue weighted by molar-refractivity contribution is 7.12. The van der Waals surface area contributed by atoms with Crippen LogP contribution in [0.3, 0.4) is 0 Å². The Morgan fingerprint density at radius 3 is 2.85 bits per heavy atom. The fourth-order valence-corrected chi connectivity index (χ4v) is 3.62. The van der Waals surface area contributed by atoms with E-state index in [-0.39, 0.29) is 5.41 Å². The molecule has 0 saturated heterocycles. The Kier molecular flexibility index (Phi) is 1.41. The molecule has 0 nitrogen and oxygen atoms in total. The van der Waals surface area contributed by atoms with E-state index < -0.39 is 0 Å². The summed E-state index contributed by atoms with van der Waals surface area (Å²) in [6.07, 6.45) is 11.9. The third-order valence-electron chi connectivity index (χ3n) is 3.24. The molecule has 0 amide bonds. The summed E-state index contributed by atoms with van der Waals surface area (Å²) in [5, 5.41) is 0. The first-order valence-electron chi connectivity index (χ1n) is 4.94. The van der Waals surface area contributed by atoms with Crippen LogP contribution >= 0.6 is 11.3 Å². The molecule has 1 fully saturated rings. The van der Waals surface area contributed by atoms with Crippen LogP contribution in [0.5, 0.6) is 0 Å². The molecule has 0 radical (unpaired) electrons. The van der Waals surface area contributed by atoms with E-state index in [1.165, 1.54) is 37.0 Å². The van der Waals surface area contributed by atoms with Gasteiger partial charge in [0.2, 0.25) is 0 Å². The van der Waals surface area contributed by atoms with E-state index in [1.54, 1.807) is 10.4 Å². The lowest BCUT2D eigenvalue weighted by atomic mass is 10.1. The number of aryl methyl sites for hydroxylation is 2. The first-order chi connectivity index (χ1) is 6.34. The summed E-state index contributed by atoms with van der Waals surface area (Å²) in [7, 11) is 0. The van der Waals surface area contributed by atoms with Crippen LogP contribution in [0.1, 0.15) is 34.6 Å². The standard InChI is InChI=1S/C12H12S/c1-2-12(6-7-12)11-8-9-4-3-5-10(9)13-11/h1,8H,3-7H2. The first kappa shape index (κ1) is 7.64. The van der Waals surface area contributed by atoms with Gasteiger partial charge in [-0.3, -0.25) is 0 Å². The lowest BCUT2D eigenvalue weighted by Gasteiger charge is -2.02. The minimum atomic E-state index is 0.176. The van der Waals surface area contributed by atoms with Crippen molar-refractivity contribution in [2.45, 2.75) is 37.5 Å². The van der Waals surface area contributed by atoms with Gasteiger partial charge in [0.05, 0.1) is 5.41 Å². The number of hydrogen-bond acceptors (Lipinski definition) is 1. The van der Waals surface area contributed by atoms with Crippen molar-refractivity contribution in [3.8, 4) is 12.3 Å². The van der Waals surface area contributed by atoms with E-state index in [1.807, 2.05) is 11.3 Å². The van der Waals surface area contributed by atoms with Crippen molar-refractivity contribution in [1.82, 2.24) is 0 Å². The molecule has 2 aliphatic carbocycles. The topological polar surface area (TPSA) is 0 Å². The highest BCUT2D eigenvalue weighted by Crippen LogP contribution is 2.51. The molecule has 0 bridgehead atoms. The van der Waals surface area contributed by atoms with Gasteiger partial charge >= 0.3 is 0 Å². The fraction of sp³-hybridized carbons (Fsp3) is 0.500. The second-order valence-corrected chi connectivity index (χ2v) is 5.28. The molecule has 1 saturated carbocycles. The van der Waals surface area contributed by atoms with Gasteiger partial charge in [0.1, 0.15) is 0 Å². The molecule has 0 unspecified atom stereocenters. The maximum atomic E-state index is 5.58. The van der Waals surface area contributed by atoms with Gasteiger partial charge in [-0.25, -0.2) is 0 Å². The van der Waals surface area contributed by atoms with Crippen LogP contribution in [0.15, 0.2) is 6.07 Å². The Hall–Kier alpha value is -0.740. The zero-order valence-corrected chi connectivity index (χ0v) is 8.41. The van der Waals surface area contributed by atoms with E-state index in [9.17, 15) is 0 Å².